The number of hydrogen-bond donors (Lipinski definition) is 1. The van der Waals surface area contributed by atoms with Crippen molar-refractivity contribution in [1.82, 2.24) is 15.1 Å². The second-order valence-corrected chi connectivity index (χ2v) is 7.88. The molecule has 2 aliphatic rings. The number of nitrogens with zero attached hydrogens (tertiary/aromatic N) is 2. The van der Waals surface area contributed by atoms with E-state index in [-0.39, 0.29) is 16.7 Å². The van der Waals surface area contributed by atoms with Gasteiger partial charge in [-0.25, -0.2) is 0 Å². The zero-order valence-corrected chi connectivity index (χ0v) is 14.7. The molecule has 1 aromatic carbocycles. The molecule has 2 saturated heterocycles. The lowest BCUT2D eigenvalue weighted by molar-refractivity contribution is -0.120. The van der Waals surface area contributed by atoms with Gasteiger partial charge >= 0.3 is 0 Å². The van der Waals surface area contributed by atoms with Crippen LogP contribution in [-0.4, -0.2) is 59.7 Å². The normalized spacial score (nSPS) is 27.1. The van der Waals surface area contributed by atoms with Crippen LogP contribution >= 0.6 is 35.0 Å². The van der Waals surface area contributed by atoms with E-state index >= 15 is 0 Å². The molecule has 120 valence electrons. The minimum absolute atomic E-state index is 0.0677. The van der Waals surface area contributed by atoms with Crippen molar-refractivity contribution >= 4 is 40.9 Å². The monoisotopic (exact) mass is 359 g/mol. The number of carbonyl (C=O) groups is 1. The van der Waals surface area contributed by atoms with E-state index in [2.05, 4.69) is 22.2 Å². The van der Waals surface area contributed by atoms with Crippen LogP contribution in [0.15, 0.2) is 18.2 Å². The van der Waals surface area contributed by atoms with Crippen molar-refractivity contribution in [3.05, 3.63) is 33.8 Å². The highest BCUT2D eigenvalue weighted by atomic mass is 35.5. The highest BCUT2D eigenvalue weighted by Crippen LogP contribution is 2.31. The molecule has 1 aromatic rings. The van der Waals surface area contributed by atoms with Crippen molar-refractivity contribution < 1.29 is 4.79 Å². The first-order valence-corrected chi connectivity index (χ1v) is 9.05. The molecule has 0 spiro atoms. The fourth-order valence-corrected chi connectivity index (χ4v) is 4.40. The summed E-state index contributed by atoms with van der Waals surface area (Å²) in [5, 5.41) is 4.13. The van der Waals surface area contributed by atoms with Crippen LogP contribution in [0.2, 0.25) is 10.0 Å². The zero-order valence-electron chi connectivity index (χ0n) is 12.4. The van der Waals surface area contributed by atoms with Gasteiger partial charge in [0.25, 0.3) is 0 Å². The van der Waals surface area contributed by atoms with E-state index in [1.54, 1.807) is 17.8 Å². The number of carbonyl (C=O) groups excluding carboxylic acids is 1. The summed E-state index contributed by atoms with van der Waals surface area (Å²) < 4.78 is 0. The largest absolute Gasteiger partial charge is 0.331 e. The van der Waals surface area contributed by atoms with Gasteiger partial charge in [-0.15, -0.1) is 11.8 Å². The van der Waals surface area contributed by atoms with Crippen molar-refractivity contribution in [2.24, 2.45) is 0 Å². The maximum atomic E-state index is 12.2. The molecule has 0 saturated carbocycles. The number of nitrogens with one attached hydrogen (secondary N) is 1. The fourth-order valence-electron chi connectivity index (χ4n) is 2.72. The molecular formula is C15H19Cl2N3OS. The van der Waals surface area contributed by atoms with Crippen LogP contribution in [0.1, 0.15) is 5.56 Å². The van der Waals surface area contributed by atoms with Gasteiger partial charge in [-0.3, -0.25) is 9.69 Å². The molecule has 1 N–H and O–H groups in total. The summed E-state index contributed by atoms with van der Waals surface area (Å²) in [5.41, 5.74) is 1.13. The third kappa shape index (κ3) is 3.71. The molecule has 0 bridgehead atoms. The van der Waals surface area contributed by atoms with Crippen molar-refractivity contribution in [2.75, 3.05) is 33.2 Å². The van der Waals surface area contributed by atoms with Crippen LogP contribution in [0.3, 0.4) is 0 Å². The van der Waals surface area contributed by atoms with Crippen molar-refractivity contribution in [1.29, 1.82) is 0 Å². The molecule has 3 rings (SSSR count). The number of benzene rings is 1. The van der Waals surface area contributed by atoms with Crippen LogP contribution in [0, 0.1) is 0 Å². The Labute approximate surface area is 145 Å². The van der Waals surface area contributed by atoms with Crippen LogP contribution in [0.25, 0.3) is 0 Å². The number of amides is 1. The summed E-state index contributed by atoms with van der Waals surface area (Å²) in [6, 6.07) is 5.57. The van der Waals surface area contributed by atoms with E-state index in [0.29, 0.717) is 16.5 Å². The number of piperazine rings is 1. The minimum atomic E-state index is -0.0677. The Morgan fingerprint density at radius 1 is 1.23 bits per heavy atom. The van der Waals surface area contributed by atoms with Gasteiger partial charge in [0.1, 0.15) is 5.50 Å². The van der Waals surface area contributed by atoms with E-state index in [4.69, 9.17) is 23.2 Å². The second kappa shape index (κ2) is 6.97. The third-order valence-corrected chi connectivity index (χ3v) is 6.25. The Hall–Kier alpha value is -0.460. The lowest BCUT2D eigenvalue weighted by Crippen LogP contribution is -2.51. The molecule has 4 nitrogen and oxygen atoms in total. The maximum absolute atomic E-state index is 12.2. The molecule has 2 atom stereocenters. The molecule has 0 radical (unpaired) electrons. The molecular weight excluding hydrogens is 341 g/mol. The number of thioether (sulfide) groups is 1. The molecule has 2 heterocycles. The van der Waals surface area contributed by atoms with Crippen LogP contribution < -0.4 is 5.32 Å². The average molecular weight is 360 g/mol. The Kier molecular flexibility index (Phi) is 5.20. The summed E-state index contributed by atoms with van der Waals surface area (Å²) >= 11 is 13.7. The van der Waals surface area contributed by atoms with Crippen LogP contribution in [0.4, 0.5) is 0 Å². The van der Waals surface area contributed by atoms with E-state index < -0.39 is 0 Å². The summed E-state index contributed by atoms with van der Waals surface area (Å²) in [6.07, 6.45) is 0.678. The summed E-state index contributed by atoms with van der Waals surface area (Å²) in [7, 11) is 2.13. The first kappa shape index (κ1) is 16.4. The third-order valence-electron chi connectivity index (χ3n) is 4.13. The Morgan fingerprint density at radius 3 is 2.64 bits per heavy atom. The first-order chi connectivity index (χ1) is 10.5. The predicted molar refractivity (Wildman–Crippen MR) is 92.5 cm³/mol. The Morgan fingerprint density at radius 2 is 1.95 bits per heavy atom. The van der Waals surface area contributed by atoms with Gasteiger partial charge in [-0.05, 0) is 31.2 Å². The van der Waals surface area contributed by atoms with Gasteiger partial charge in [0.05, 0.1) is 15.3 Å². The molecule has 7 heteroatoms. The number of likely N-dealkylation sites (N-methyl/N-ethyl adjacent to an activating group) is 1. The Balaban J connectivity index is 1.61. The summed E-state index contributed by atoms with van der Waals surface area (Å²) in [4.78, 5) is 16.9. The minimum Gasteiger partial charge on any atom is -0.331 e. The molecule has 0 aromatic heterocycles. The standard InChI is InChI=1S/C15H19Cl2N3OS/c1-19-4-6-20(7-5-19)15-18-14(21)13(22-15)9-10-2-3-11(16)12(17)8-10/h2-3,8,13,15H,4-7,9H2,1H3,(H,18,21). The molecule has 22 heavy (non-hydrogen) atoms. The Bertz CT molecular complexity index is 564. The van der Waals surface area contributed by atoms with E-state index in [1.807, 2.05) is 12.1 Å². The van der Waals surface area contributed by atoms with Gasteiger partial charge in [-0.2, -0.15) is 0 Å². The molecule has 0 aliphatic carbocycles. The number of rotatable bonds is 3. The summed E-state index contributed by atoms with van der Waals surface area (Å²) in [5.74, 6) is 0.111. The molecule has 1 amide bonds. The van der Waals surface area contributed by atoms with Gasteiger partial charge in [-0.1, -0.05) is 29.3 Å². The van der Waals surface area contributed by atoms with Crippen LogP contribution in [0.5, 0.6) is 0 Å². The fraction of sp³-hybridized carbons (Fsp3) is 0.533. The first-order valence-electron chi connectivity index (χ1n) is 7.35. The van der Waals surface area contributed by atoms with Crippen molar-refractivity contribution in [2.45, 2.75) is 17.2 Å². The highest BCUT2D eigenvalue weighted by molar-refractivity contribution is 8.01. The average Bonchev–Trinajstić information content (AvgIpc) is 2.85. The molecule has 2 aliphatic heterocycles. The predicted octanol–water partition coefficient (Wildman–Crippen LogP) is 2.30. The SMILES string of the molecule is CN1CCN(C2NC(=O)C(Cc3ccc(Cl)c(Cl)c3)S2)CC1. The van der Waals surface area contributed by atoms with E-state index in [0.717, 1.165) is 31.7 Å². The molecule has 2 fully saturated rings. The van der Waals surface area contributed by atoms with Crippen molar-refractivity contribution in [3.63, 3.8) is 0 Å². The quantitative estimate of drug-likeness (QED) is 0.897. The van der Waals surface area contributed by atoms with Gasteiger partial charge in [0.15, 0.2) is 0 Å². The number of halogens is 2. The number of hydrogen-bond acceptors (Lipinski definition) is 4. The lowest BCUT2D eigenvalue weighted by atomic mass is 10.1. The topological polar surface area (TPSA) is 35.6 Å². The smallest absolute Gasteiger partial charge is 0.235 e. The maximum Gasteiger partial charge on any atom is 0.235 e. The molecule has 2 unspecified atom stereocenters. The summed E-state index contributed by atoms with van der Waals surface area (Å²) in [6.45, 7) is 4.08. The van der Waals surface area contributed by atoms with E-state index in [1.165, 1.54) is 0 Å². The van der Waals surface area contributed by atoms with Gasteiger partial charge in [0.2, 0.25) is 5.91 Å². The van der Waals surface area contributed by atoms with Gasteiger partial charge < -0.3 is 10.2 Å². The highest BCUT2D eigenvalue weighted by Gasteiger charge is 2.36. The van der Waals surface area contributed by atoms with Gasteiger partial charge in [0, 0.05) is 26.2 Å². The van der Waals surface area contributed by atoms with Crippen LogP contribution in [-0.2, 0) is 11.2 Å². The lowest BCUT2D eigenvalue weighted by Gasteiger charge is -2.35. The van der Waals surface area contributed by atoms with E-state index in [9.17, 15) is 4.79 Å². The van der Waals surface area contributed by atoms with Crippen molar-refractivity contribution in [3.8, 4) is 0 Å². The zero-order chi connectivity index (χ0) is 15.7. The second-order valence-electron chi connectivity index (χ2n) is 5.78.